The highest BCUT2D eigenvalue weighted by atomic mass is 32.2. The standard InChI is InChI=1S/C8H10N2O2S/c11-5-7-9-8(12-10-7)6-1-3-13-4-2-6/h5-6H,1-4H2. The lowest BCUT2D eigenvalue weighted by atomic mass is 10.0. The monoisotopic (exact) mass is 198 g/mol. The van der Waals surface area contributed by atoms with Crippen molar-refractivity contribution in [2.75, 3.05) is 11.5 Å². The minimum atomic E-state index is 0.160. The average molecular weight is 198 g/mol. The topological polar surface area (TPSA) is 56.0 Å². The van der Waals surface area contributed by atoms with Gasteiger partial charge in [0.1, 0.15) is 0 Å². The fraction of sp³-hybridized carbons (Fsp3) is 0.625. The molecule has 0 saturated carbocycles. The third-order valence-corrected chi connectivity index (χ3v) is 3.18. The highest BCUT2D eigenvalue weighted by Crippen LogP contribution is 2.30. The maximum atomic E-state index is 10.3. The first-order chi connectivity index (χ1) is 6.40. The molecule has 13 heavy (non-hydrogen) atoms. The zero-order valence-electron chi connectivity index (χ0n) is 7.10. The third kappa shape index (κ3) is 1.91. The summed E-state index contributed by atoms with van der Waals surface area (Å²) in [5.74, 6) is 3.44. The van der Waals surface area contributed by atoms with Gasteiger partial charge in [-0.3, -0.25) is 4.79 Å². The van der Waals surface area contributed by atoms with Gasteiger partial charge in [-0.25, -0.2) is 0 Å². The van der Waals surface area contributed by atoms with Crippen molar-refractivity contribution in [1.29, 1.82) is 0 Å². The molecule has 0 aliphatic carbocycles. The maximum Gasteiger partial charge on any atom is 0.235 e. The number of hydrogen-bond donors (Lipinski definition) is 0. The smallest absolute Gasteiger partial charge is 0.235 e. The molecule has 1 aliphatic heterocycles. The molecule has 0 spiro atoms. The van der Waals surface area contributed by atoms with E-state index in [1.807, 2.05) is 11.8 Å². The SMILES string of the molecule is O=Cc1noc(C2CCSCC2)n1. The molecule has 1 aromatic heterocycles. The lowest BCUT2D eigenvalue weighted by Crippen LogP contribution is -2.08. The van der Waals surface area contributed by atoms with E-state index in [-0.39, 0.29) is 5.82 Å². The molecule has 1 aromatic rings. The van der Waals surface area contributed by atoms with Crippen molar-refractivity contribution < 1.29 is 9.32 Å². The van der Waals surface area contributed by atoms with Crippen LogP contribution in [0.4, 0.5) is 0 Å². The van der Waals surface area contributed by atoms with Crippen LogP contribution in [0, 0.1) is 0 Å². The zero-order valence-corrected chi connectivity index (χ0v) is 7.92. The van der Waals surface area contributed by atoms with E-state index >= 15 is 0 Å². The summed E-state index contributed by atoms with van der Waals surface area (Å²) >= 11 is 1.95. The summed E-state index contributed by atoms with van der Waals surface area (Å²) in [4.78, 5) is 14.3. The molecular weight excluding hydrogens is 188 g/mol. The highest BCUT2D eigenvalue weighted by molar-refractivity contribution is 7.99. The first kappa shape index (κ1) is 8.74. The molecule has 0 radical (unpaired) electrons. The number of rotatable bonds is 2. The first-order valence-corrected chi connectivity index (χ1v) is 5.42. The van der Waals surface area contributed by atoms with E-state index in [9.17, 15) is 4.79 Å². The molecule has 2 rings (SSSR count). The van der Waals surface area contributed by atoms with E-state index in [0.717, 1.165) is 24.3 Å². The minimum absolute atomic E-state index is 0.160. The Bertz CT molecular complexity index is 294. The number of aldehydes is 1. The summed E-state index contributed by atoms with van der Waals surface area (Å²) in [6.07, 6.45) is 2.76. The van der Waals surface area contributed by atoms with Crippen LogP contribution in [0.15, 0.2) is 4.52 Å². The minimum Gasteiger partial charge on any atom is -0.339 e. The van der Waals surface area contributed by atoms with Crippen LogP contribution in [-0.4, -0.2) is 27.9 Å². The Morgan fingerprint density at radius 1 is 1.46 bits per heavy atom. The van der Waals surface area contributed by atoms with Gasteiger partial charge in [-0.1, -0.05) is 5.16 Å². The second-order valence-corrected chi connectivity index (χ2v) is 4.22. The normalized spacial score (nSPS) is 18.8. The fourth-order valence-corrected chi connectivity index (χ4v) is 2.51. The summed E-state index contributed by atoms with van der Waals surface area (Å²) in [5, 5.41) is 3.55. The summed E-state index contributed by atoms with van der Waals surface area (Å²) in [6, 6.07) is 0. The van der Waals surface area contributed by atoms with Gasteiger partial charge in [0, 0.05) is 5.92 Å². The Balaban J connectivity index is 2.09. The number of hydrogen-bond acceptors (Lipinski definition) is 5. The Hall–Kier alpha value is -0.840. The quantitative estimate of drug-likeness (QED) is 0.674. The molecule has 0 bridgehead atoms. The predicted molar refractivity (Wildman–Crippen MR) is 49.0 cm³/mol. The molecule has 5 heteroatoms. The molecule has 1 aliphatic rings. The van der Waals surface area contributed by atoms with Crippen LogP contribution in [0.2, 0.25) is 0 Å². The van der Waals surface area contributed by atoms with Crippen LogP contribution in [0.1, 0.15) is 35.3 Å². The van der Waals surface area contributed by atoms with Crippen molar-refractivity contribution in [1.82, 2.24) is 10.1 Å². The molecule has 1 saturated heterocycles. The third-order valence-electron chi connectivity index (χ3n) is 2.13. The lowest BCUT2D eigenvalue weighted by molar-refractivity contribution is 0.111. The maximum absolute atomic E-state index is 10.3. The van der Waals surface area contributed by atoms with Gasteiger partial charge in [-0.15, -0.1) is 0 Å². The van der Waals surface area contributed by atoms with Crippen molar-refractivity contribution in [3.63, 3.8) is 0 Å². The van der Waals surface area contributed by atoms with Crippen molar-refractivity contribution in [3.05, 3.63) is 11.7 Å². The van der Waals surface area contributed by atoms with Gasteiger partial charge in [0.15, 0.2) is 6.29 Å². The molecule has 0 amide bonds. The Morgan fingerprint density at radius 3 is 2.85 bits per heavy atom. The second kappa shape index (κ2) is 3.91. The van der Waals surface area contributed by atoms with Gasteiger partial charge in [0.25, 0.3) is 0 Å². The second-order valence-electron chi connectivity index (χ2n) is 3.00. The van der Waals surface area contributed by atoms with Crippen molar-refractivity contribution in [3.8, 4) is 0 Å². The Morgan fingerprint density at radius 2 is 2.23 bits per heavy atom. The van der Waals surface area contributed by atoms with E-state index in [4.69, 9.17) is 4.52 Å². The van der Waals surface area contributed by atoms with Crippen molar-refractivity contribution in [2.24, 2.45) is 0 Å². The molecule has 0 aromatic carbocycles. The Labute approximate surface area is 80.1 Å². The summed E-state index contributed by atoms with van der Waals surface area (Å²) in [7, 11) is 0. The van der Waals surface area contributed by atoms with Crippen molar-refractivity contribution in [2.45, 2.75) is 18.8 Å². The van der Waals surface area contributed by atoms with Gasteiger partial charge in [-0.05, 0) is 24.3 Å². The number of nitrogens with zero attached hydrogens (tertiary/aromatic N) is 2. The molecule has 70 valence electrons. The van der Waals surface area contributed by atoms with Gasteiger partial charge < -0.3 is 4.52 Å². The number of thioether (sulfide) groups is 1. The van der Waals surface area contributed by atoms with Crippen LogP contribution in [0.5, 0.6) is 0 Å². The van der Waals surface area contributed by atoms with Crippen molar-refractivity contribution >= 4 is 18.0 Å². The lowest BCUT2D eigenvalue weighted by Gasteiger charge is -2.16. The van der Waals surface area contributed by atoms with E-state index in [1.54, 1.807) is 0 Å². The predicted octanol–water partition coefficient (Wildman–Crippen LogP) is 1.49. The number of carbonyl (C=O) groups is 1. The molecule has 0 atom stereocenters. The highest BCUT2D eigenvalue weighted by Gasteiger charge is 2.21. The van der Waals surface area contributed by atoms with Crippen LogP contribution in [0.25, 0.3) is 0 Å². The molecule has 2 heterocycles. The zero-order chi connectivity index (χ0) is 9.10. The molecular formula is C8H10N2O2S. The average Bonchev–Trinajstić information content (AvgIpc) is 2.67. The van der Waals surface area contributed by atoms with Gasteiger partial charge >= 0.3 is 0 Å². The largest absolute Gasteiger partial charge is 0.339 e. The van der Waals surface area contributed by atoms with Gasteiger partial charge in [0.05, 0.1) is 0 Å². The Kier molecular flexibility index (Phi) is 2.63. The number of aromatic nitrogens is 2. The molecule has 0 unspecified atom stereocenters. The molecule has 1 fully saturated rings. The van der Waals surface area contributed by atoms with Gasteiger partial charge in [-0.2, -0.15) is 16.7 Å². The number of carbonyl (C=O) groups excluding carboxylic acids is 1. The molecule has 4 nitrogen and oxygen atoms in total. The van der Waals surface area contributed by atoms with Gasteiger partial charge in [0.2, 0.25) is 11.7 Å². The van der Waals surface area contributed by atoms with E-state index in [0.29, 0.717) is 18.1 Å². The van der Waals surface area contributed by atoms with E-state index in [2.05, 4.69) is 10.1 Å². The summed E-state index contributed by atoms with van der Waals surface area (Å²) in [5.41, 5.74) is 0. The van der Waals surface area contributed by atoms with Crippen LogP contribution < -0.4 is 0 Å². The summed E-state index contributed by atoms with van der Waals surface area (Å²) < 4.78 is 4.99. The van der Waals surface area contributed by atoms with Crippen LogP contribution in [-0.2, 0) is 0 Å². The van der Waals surface area contributed by atoms with Crippen LogP contribution >= 0.6 is 11.8 Å². The van der Waals surface area contributed by atoms with E-state index < -0.39 is 0 Å². The first-order valence-electron chi connectivity index (χ1n) is 4.26. The fourth-order valence-electron chi connectivity index (χ4n) is 1.41. The van der Waals surface area contributed by atoms with E-state index in [1.165, 1.54) is 0 Å². The van der Waals surface area contributed by atoms with Crippen LogP contribution in [0.3, 0.4) is 0 Å². The molecule has 0 N–H and O–H groups in total. The summed E-state index contributed by atoms with van der Waals surface area (Å²) in [6.45, 7) is 0.